The lowest BCUT2D eigenvalue weighted by Crippen LogP contribution is -2.53. The molecule has 0 spiro atoms. The SMILES string of the molecule is CCc1ccc(S(=O)(=O)NC2c3cc(CC(=O)N[C@@H]4CCCc5ccccc54)ccc3OC(C)(C)[C@H]2O)cc1. The summed E-state index contributed by atoms with van der Waals surface area (Å²) in [5.74, 6) is 0.368. The molecule has 3 aromatic rings. The zero-order chi connectivity index (χ0) is 27.8. The number of carbonyl (C=O) groups is 1. The number of fused-ring (bicyclic) bond motifs is 2. The van der Waals surface area contributed by atoms with Crippen LogP contribution in [0.2, 0.25) is 0 Å². The van der Waals surface area contributed by atoms with Crippen molar-refractivity contribution in [3.63, 3.8) is 0 Å². The largest absolute Gasteiger partial charge is 0.485 e. The van der Waals surface area contributed by atoms with Crippen molar-refractivity contribution in [2.75, 3.05) is 0 Å². The van der Waals surface area contributed by atoms with Gasteiger partial charge < -0.3 is 15.2 Å². The fourth-order valence-electron chi connectivity index (χ4n) is 5.56. The van der Waals surface area contributed by atoms with E-state index in [9.17, 15) is 18.3 Å². The van der Waals surface area contributed by atoms with Crippen LogP contribution < -0.4 is 14.8 Å². The van der Waals surface area contributed by atoms with Crippen LogP contribution in [0, 0.1) is 0 Å². The van der Waals surface area contributed by atoms with Crippen LogP contribution in [0.25, 0.3) is 0 Å². The van der Waals surface area contributed by atoms with Crippen LogP contribution in [0.1, 0.15) is 73.5 Å². The summed E-state index contributed by atoms with van der Waals surface area (Å²) in [7, 11) is -3.94. The standard InChI is InChI=1S/C31H36N2O5S/c1-4-20-12-15-23(16-13-20)39(36,37)33-29-25-18-21(14-17-27(25)38-31(2,3)30(29)35)19-28(34)32-26-11-7-9-22-8-5-6-10-24(22)26/h5-6,8,10,12-18,26,29-30,33,35H,4,7,9,11,19H2,1-3H3,(H,32,34)/t26-,29?,30+/m1/s1. The number of carbonyl (C=O) groups excluding carboxylic acids is 1. The fraction of sp³-hybridized carbons (Fsp3) is 0.387. The van der Waals surface area contributed by atoms with Crippen molar-refractivity contribution in [1.29, 1.82) is 0 Å². The average molecular weight is 549 g/mol. The van der Waals surface area contributed by atoms with E-state index in [0.717, 1.165) is 31.2 Å². The van der Waals surface area contributed by atoms with Crippen molar-refractivity contribution < 1.29 is 23.1 Å². The van der Waals surface area contributed by atoms with E-state index in [-0.39, 0.29) is 23.3 Å². The molecule has 1 amide bonds. The van der Waals surface area contributed by atoms with Crippen LogP contribution in [0.15, 0.2) is 71.6 Å². The average Bonchev–Trinajstić information content (AvgIpc) is 2.92. The minimum absolute atomic E-state index is 0.0234. The quantitative estimate of drug-likeness (QED) is 0.402. The molecular weight excluding hydrogens is 512 g/mol. The van der Waals surface area contributed by atoms with E-state index >= 15 is 0 Å². The Labute approximate surface area is 230 Å². The lowest BCUT2D eigenvalue weighted by molar-refractivity contribution is -0.121. The molecule has 206 valence electrons. The molecule has 3 aromatic carbocycles. The summed E-state index contributed by atoms with van der Waals surface area (Å²) in [6, 6.07) is 19.3. The van der Waals surface area contributed by atoms with Crippen molar-refractivity contribution in [2.45, 2.75) is 81.6 Å². The highest BCUT2D eigenvalue weighted by Gasteiger charge is 2.44. The maximum atomic E-state index is 13.3. The number of amides is 1. The van der Waals surface area contributed by atoms with Gasteiger partial charge in [-0.15, -0.1) is 0 Å². The molecule has 5 rings (SSSR count). The minimum Gasteiger partial charge on any atom is -0.485 e. The summed E-state index contributed by atoms with van der Waals surface area (Å²) in [5, 5.41) is 14.4. The summed E-state index contributed by atoms with van der Waals surface area (Å²) in [6.07, 6.45) is 2.71. The first kappa shape index (κ1) is 27.4. The first-order valence-corrected chi connectivity index (χ1v) is 15.0. The van der Waals surface area contributed by atoms with E-state index in [1.807, 2.05) is 25.1 Å². The molecule has 0 radical (unpaired) electrons. The molecule has 39 heavy (non-hydrogen) atoms. The van der Waals surface area contributed by atoms with Crippen molar-refractivity contribution in [2.24, 2.45) is 0 Å². The topological polar surface area (TPSA) is 105 Å². The number of hydrogen-bond acceptors (Lipinski definition) is 5. The number of ether oxygens (including phenoxy) is 1. The second-order valence-electron chi connectivity index (χ2n) is 11.0. The molecule has 1 aliphatic heterocycles. The Morgan fingerprint density at radius 3 is 2.49 bits per heavy atom. The van der Waals surface area contributed by atoms with Gasteiger partial charge in [0.05, 0.1) is 23.4 Å². The number of sulfonamides is 1. The Kier molecular flexibility index (Phi) is 7.55. The molecule has 0 saturated carbocycles. The molecule has 3 atom stereocenters. The van der Waals surface area contributed by atoms with Gasteiger partial charge in [0.1, 0.15) is 17.5 Å². The third-order valence-electron chi connectivity index (χ3n) is 7.80. The third kappa shape index (κ3) is 5.73. The molecule has 0 saturated heterocycles. The van der Waals surface area contributed by atoms with Crippen LogP contribution in [0.3, 0.4) is 0 Å². The molecule has 2 aliphatic rings. The summed E-state index contributed by atoms with van der Waals surface area (Å²) < 4.78 is 35.4. The summed E-state index contributed by atoms with van der Waals surface area (Å²) in [4.78, 5) is 13.2. The van der Waals surface area contributed by atoms with Gasteiger partial charge in [0.15, 0.2) is 0 Å². The van der Waals surface area contributed by atoms with Gasteiger partial charge in [-0.1, -0.05) is 49.4 Å². The zero-order valence-corrected chi connectivity index (χ0v) is 23.4. The monoisotopic (exact) mass is 548 g/mol. The molecule has 1 aliphatic carbocycles. The minimum atomic E-state index is -3.94. The van der Waals surface area contributed by atoms with Crippen molar-refractivity contribution in [3.8, 4) is 5.75 Å². The zero-order valence-electron chi connectivity index (χ0n) is 22.6. The first-order chi connectivity index (χ1) is 18.6. The van der Waals surface area contributed by atoms with Gasteiger partial charge in [-0.25, -0.2) is 13.1 Å². The Hall–Kier alpha value is -3.20. The Morgan fingerprint density at radius 1 is 1.03 bits per heavy atom. The van der Waals surface area contributed by atoms with Gasteiger partial charge in [0.2, 0.25) is 15.9 Å². The second kappa shape index (κ2) is 10.8. The Bertz CT molecular complexity index is 1470. The maximum absolute atomic E-state index is 13.3. The lowest BCUT2D eigenvalue weighted by Gasteiger charge is -2.42. The van der Waals surface area contributed by atoms with Crippen LogP contribution >= 0.6 is 0 Å². The summed E-state index contributed by atoms with van der Waals surface area (Å²) >= 11 is 0. The highest BCUT2D eigenvalue weighted by atomic mass is 32.2. The molecule has 0 bridgehead atoms. The van der Waals surface area contributed by atoms with E-state index in [4.69, 9.17) is 4.74 Å². The maximum Gasteiger partial charge on any atom is 0.241 e. The molecule has 0 fully saturated rings. The summed E-state index contributed by atoms with van der Waals surface area (Å²) in [6.45, 7) is 5.45. The molecule has 8 heteroatoms. The fourth-order valence-corrected chi connectivity index (χ4v) is 6.78. The van der Waals surface area contributed by atoms with Crippen LogP contribution in [-0.4, -0.2) is 31.1 Å². The van der Waals surface area contributed by atoms with E-state index in [1.54, 1.807) is 50.2 Å². The molecule has 1 unspecified atom stereocenters. The smallest absolute Gasteiger partial charge is 0.241 e. The normalized spacial score (nSPS) is 21.8. The van der Waals surface area contributed by atoms with Gasteiger partial charge in [0, 0.05) is 5.56 Å². The summed E-state index contributed by atoms with van der Waals surface area (Å²) in [5.41, 5.74) is 3.66. The van der Waals surface area contributed by atoms with E-state index < -0.39 is 27.8 Å². The predicted octanol–water partition coefficient (Wildman–Crippen LogP) is 4.54. The van der Waals surface area contributed by atoms with Crippen molar-refractivity contribution >= 4 is 15.9 Å². The number of benzene rings is 3. The molecule has 3 N–H and O–H groups in total. The van der Waals surface area contributed by atoms with Gasteiger partial charge in [-0.3, -0.25) is 4.79 Å². The number of rotatable bonds is 7. The van der Waals surface area contributed by atoms with Gasteiger partial charge in [-0.2, -0.15) is 0 Å². The Morgan fingerprint density at radius 2 is 1.74 bits per heavy atom. The third-order valence-corrected chi connectivity index (χ3v) is 9.26. The van der Waals surface area contributed by atoms with E-state index in [0.29, 0.717) is 16.9 Å². The number of aliphatic hydroxyl groups excluding tert-OH is 1. The molecule has 0 aromatic heterocycles. The Balaban J connectivity index is 1.38. The van der Waals surface area contributed by atoms with Crippen LogP contribution in [0.4, 0.5) is 0 Å². The number of hydrogen-bond donors (Lipinski definition) is 3. The molecular formula is C31H36N2O5S. The number of aliphatic hydroxyl groups is 1. The first-order valence-electron chi connectivity index (χ1n) is 13.6. The number of nitrogens with one attached hydrogen (secondary N) is 2. The molecule has 7 nitrogen and oxygen atoms in total. The highest BCUT2D eigenvalue weighted by molar-refractivity contribution is 7.89. The van der Waals surface area contributed by atoms with Gasteiger partial charge >= 0.3 is 0 Å². The van der Waals surface area contributed by atoms with Crippen LogP contribution in [0.5, 0.6) is 5.75 Å². The van der Waals surface area contributed by atoms with E-state index in [1.165, 1.54) is 11.1 Å². The van der Waals surface area contributed by atoms with Crippen molar-refractivity contribution in [3.05, 3.63) is 94.5 Å². The lowest BCUT2D eigenvalue weighted by atomic mass is 9.86. The van der Waals surface area contributed by atoms with E-state index in [2.05, 4.69) is 22.2 Å². The molecule has 1 heterocycles. The van der Waals surface area contributed by atoms with Gasteiger partial charge in [-0.05, 0) is 86.1 Å². The van der Waals surface area contributed by atoms with Crippen molar-refractivity contribution in [1.82, 2.24) is 10.0 Å². The second-order valence-corrected chi connectivity index (χ2v) is 12.7. The predicted molar refractivity (Wildman–Crippen MR) is 150 cm³/mol. The van der Waals surface area contributed by atoms with Gasteiger partial charge in [0.25, 0.3) is 0 Å². The number of aryl methyl sites for hydroxylation is 2. The van der Waals surface area contributed by atoms with Crippen LogP contribution in [-0.2, 0) is 34.1 Å². The highest BCUT2D eigenvalue weighted by Crippen LogP contribution is 2.41.